The highest BCUT2D eigenvalue weighted by molar-refractivity contribution is 5.54. The minimum atomic E-state index is -1.10. The van der Waals surface area contributed by atoms with Crippen LogP contribution >= 0.6 is 0 Å². The number of aliphatic hydroxyl groups is 2. The average molecular weight is 222 g/mol. The summed E-state index contributed by atoms with van der Waals surface area (Å²) in [5.41, 5.74) is 5.99. The van der Waals surface area contributed by atoms with Crippen molar-refractivity contribution in [2.24, 2.45) is 10.7 Å². The molecule has 16 heavy (non-hydrogen) atoms. The van der Waals surface area contributed by atoms with Crippen LogP contribution in [0.25, 0.3) is 0 Å². The summed E-state index contributed by atoms with van der Waals surface area (Å²) in [7, 11) is 0. The van der Waals surface area contributed by atoms with E-state index in [1.54, 1.807) is 24.3 Å². The summed E-state index contributed by atoms with van der Waals surface area (Å²) in [4.78, 5) is 13.7. The molecular weight excluding hydrogens is 208 g/mol. The maximum absolute atomic E-state index is 10.2. The van der Waals surface area contributed by atoms with Crippen LogP contribution in [0.5, 0.6) is 0 Å². The van der Waals surface area contributed by atoms with Gasteiger partial charge in [-0.3, -0.25) is 0 Å². The largest absolute Gasteiger partial charge is 0.390 e. The molecule has 0 fully saturated rings. The van der Waals surface area contributed by atoms with Gasteiger partial charge in [0.05, 0.1) is 11.8 Å². The van der Waals surface area contributed by atoms with Crippen molar-refractivity contribution in [2.45, 2.75) is 18.6 Å². The molecule has 4 N–H and O–H groups in total. The Morgan fingerprint density at radius 3 is 2.69 bits per heavy atom. The van der Waals surface area contributed by atoms with Crippen LogP contribution in [0.2, 0.25) is 0 Å². The minimum Gasteiger partial charge on any atom is -0.390 e. The molecule has 0 aliphatic carbocycles. The van der Waals surface area contributed by atoms with E-state index in [4.69, 9.17) is 5.73 Å². The van der Waals surface area contributed by atoms with E-state index in [2.05, 4.69) is 4.99 Å². The van der Waals surface area contributed by atoms with Gasteiger partial charge < -0.3 is 15.9 Å². The first-order valence-electron chi connectivity index (χ1n) is 4.93. The molecular formula is C11H14N2O3. The molecule has 1 aromatic carbocycles. The number of isocyanates is 1. The van der Waals surface area contributed by atoms with Gasteiger partial charge in [0.25, 0.3) is 0 Å². The molecule has 0 bridgehead atoms. The van der Waals surface area contributed by atoms with Gasteiger partial charge in [0.15, 0.2) is 0 Å². The Kier molecular flexibility index (Phi) is 4.82. The normalized spacial score (nSPS) is 13.9. The van der Waals surface area contributed by atoms with Gasteiger partial charge in [0, 0.05) is 5.56 Å². The molecule has 0 spiro atoms. The molecule has 2 unspecified atom stereocenters. The summed E-state index contributed by atoms with van der Waals surface area (Å²) < 4.78 is 0. The van der Waals surface area contributed by atoms with Crippen LogP contribution in [0.15, 0.2) is 29.3 Å². The van der Waals surface area contributed by atoms with Crippen molar-refractivity contribution < 1.29 is 15.0 Å². The number of carbonyl (C=O) groups excluding carboxylic acids is 1. The van der Waals surface area contributed by atoms with E-state index in [1.807, 2.05) is 0 Å². The maximum atomic E-state index is 10.2. The fraction of sp³-hybridized carbons (Fsp3) is 0.364. The second-order valence-electron chi connectivity index (χ2n) is 3.35. The van der Waals surface area contributed by atoms with E-state index in [0.717, 1.165) is 0 Å². The first kappa shape index (κ1) is 12.5. The molecule has 0 aliphatic heterocycles. The van der Waals surface area contributed by atoms with Gasteiger partial charge in [-0.2, -0.15) is 4.99 Å². The molecule has 0 radical (unpaired) electrons. The topological polar surface area (TPSA) is 95.9 Å². The smallest absolute Gasteiger partial charge is 0.240 e. The number of benzene rings is 1. The lowest BCUT2D eigenvalue weighted by Gasteiger charge is -2.18. The number of nitrogens with two attached hydrogens (primary N) is 1. The van der Waals surface area contributed by atoms with Crippen molar-refractivity contribution in [3.63, 3.8) is 0 Å². The summed E-state index contributed by atoms with van der Waals surface area (Å²) in [6.07, 6.45) is -0.379. The second kappa shape index (κ2) is 6.15. The van der Waals surface area contributed by atoms with Gasteiger partial charge in [-0.05, 0) is 19.0 Å². The van der Waals surface area contributed by atoms with Gasteiger partial charge in [0.2, 0.25) is 6.08 Å². The number of hydrogen-bond donors (Lipinski definition) is 3. The standard InChI is InChI=1S/C11H14N2O3/c12-6-5-10(15)11(16)8-3-1-2-4-9(8)13-7-14/h1-4,10-11,15-16H,5-6,12H2. The van der Waals surface area contributed by atoms with Gasteiger partial charge in [0.1, 0.15) is 6.10 Å². The second-order valence-corrected chi connectivity index (χ2v) is 3.35. The van der Waals surface area contributed by atoms with E-state index in [0.29, 0.717) is 11.3 Å². The van der Waals surface area contributed by atoms with Gasteiger partial charge >= 0.3 is 0 Å². The van der Waals surface area contributed by atoms with Crippen LogP contribution in [-0.4, -0.2) is 28.9 Å². The lowest BCUT2D eigenvalue weighted by Crippen LogP contribution is -2.21. The summed E-state index contributed by atoms with van der Waals surface area (Å²) >= 11 is 0. The predicted molar refractivity (Wildman–Crippen MR) is 58.9 cm³/mol. The van der Waals surface area contributed by atoms with E-state index in [-0.39, 0.29) is 13.0 Å². The third-order valence-electron chi connectivity index (χ3n) is 2.25. The number of aliphatic imine (C=N–C) groups is 1. The lowest BCUT2D eigenvalue weighted by atomic mass is 10.0. The van der Waals surface area contributed by atoms with E-state index < -0.39 is 12.2 Å². The Labute approximate surface area is 93.2 Å². The summed E-state index contributed by atoms with van der Waals surface area (Å²) in [6.45, 7) is 0.275. The number of hydrogen-bond acceptors (Lipinski definition) is 5. The summed E-state index contributed by atoms with van der Waals surface area (Å²) in [6, 6.07) is 6.54. The lowest BCUT2D eigenvalue weighted by molar-refractivity contribution is 0.0153. The number of nitrogens with zero attached hydrogens (tertiary/aromatic N) is 1. The average Bonchev–Trinajstić information content (AvgIpc) is 2.29. The molecule has 0 aliphatic rings. The maximum Gasteiger partial charge on any atom is 0.240 e. The van der Waals surface area contributed by atoms with E-state index in [1.165, 1.54) is 6.08 Å². The van der Waals surface area contributed by atoms with Crippen molar-refractivity contribution in [1.29, 1.82) is 0 Å². The van der Waals surface area contributed by atoms with Crippen molar-refractivity contribution in [3.05, 3.63) is 29.8 Å². The quantitative estimate of drug-likeness (QED) is 0.496. The first-order valence-corrected chi connectivity index (χ1v) is 4.93. The van der Waals surface area contributed by atoms with Crippen molar-refractivity contribution in [1.82, 2.24) is 0 Å². The first-order chi connectivity index (χ1) is 7.70. The Morgan fingerprint density at radius 1 is 1.38 bits per heavy atom. The molecule has 5 heteroatoms. The molecule has 0 amide bonds. The zero-order valence-electron chi connectivity index (χ0n) is 8.71. The van der Waals surface area contributed by atoms with Crippen molar-refractivity contribution in [3.8, 4) is 0 Å². The van der Waals surface area contributed by atoms with Gasteiger partial charge in [-0.25, -0.2) is 4.79 Å². The van der Waals surface area contributed by atoms with Gasteiger partial charge in [-0.1, -0.05) is 18.2 Å². The fourth-order valence-corrected chi connectivity index (χ4v) is 1.42. The molecule has 2 atom stereocenters. The number of rotatable bonds is 5. The van der Waals surface area contributed by atoms with Crippen LogP contribution in [0, 0.1) is 0 Å². The van der Waals surface area contributed by atoms with Gasteiger partial charge in [-0.15, -0.1) is 0 Å². The van der Waals surface area contributed by atoms with Crippen molar-refractivity contribution in [2.75, 3.05) is 6.54 Å². The van der Waals surface area contributed by atoms with Crippen LogP contribution in [0.3, 0.4) is 0 Å². The third kappa shape index (κ3) is 2.98. The molecule has 1 aromatic rings. The molecule has 86 valence electrons. The highest BCUT2D eigenvalue weighted by Gasteiger charge is 2.20. The third-order valence-corrected chi connectivity index (χ3v) is 2.25. The Balaban J connectivity index is 2.97. The van der Waals surface area contributed by atoms with Crippen LogP contribution in [0.4, 0.5) is 5.69 Å². The molecule has 1 rings (SSSR count). The van der Waals surface area contributed by atoms with Crippen LogP contribution in [0.1, 0.15) is 18.1 Å². The SMILES string of the molecule is NCCC(O)C(O)c1ccccc1N=C=O. The Morgan fingerprint density at radius 2 is 2.06 bits per heavy atom. The number of aliphatic hydroxyl groups excluding tert-OH is 2. The predicted octanol–water partition coefficient (Wildman–Crippen LogP) is 0.397. The Hall–Kier alpha value is -1.52. The molecule has 0 aromatic heterocycles. The zero-order valence-corrected chi connectivity index (χ0v) is 8.71. The molecule has 0 saturated heterocycles. The highest BCUT2D eigenvalue weighted by atomic mass is 16.3. The molecule has 5 nitrogen and oxygen atoms in total. The fourth-order valence-electron chi connectivity index (χ4n) is 1.42. The molecule has 0 saturated carbocycles. The monoisotopic (exact) mass is 222 g/mol. The zero-order chi connectivity index (χ0) is 12.0. The molecule has 0 heterocycles. The Bertz CT molecular complexity index is 389. The van der Waals surface area contributed by atoms with E-state index in [9.17, 15) is 15.0 Å². The number of para-hydroxylation sites is 1. The van der Waals surface area contributed by atoms with Crippen LogP contribution in [-0.2, 0) is 4.79 Å². The van der Waals surface area contributed by atoms with Crippen molar-refractivity contribution >= 4 is 11.8 Å². The summed E-state index contributed by atoms with van der Waals surface area (Å²) in [5.74, 6) is 0. The summed E-state index contributed by atoms with van der Waals surface area (Å²) in [5, 5.41) is 19.4. The highest BCUT2D eigenvalue weighted by Crippen LogP contribution is 2.27. The minimum absolute atomic E-state index is 0.275. The van der Waals surface area contributed by atoms with E-state index >= 15 is 0 Å². The van der Waals surface area contributed by atoms with Crippen LogP contribution < -0.4 is 5.73 Å².